The molecule has 3 aromatic rings. The lowest BCUT2D eigenvalue weighted by Crippen LogP contribution is -2.12. The van der Waals surface area contributed by atoms with Crippen LogP contribution in [-0.4, -0.2) is 16.8 Å². The molecular weight excluding hydrogens is 370 g/mol. The van der Waals surface area contributed by atoms with E-state index in [0.717, 1.165) is 23.2 Å². The Hall–Kier alpha value is -3.25. The molecule has 0 unspecified atom stereocenters. The minimum absolute atomic E-state index is 0.00180. The molecule has 6 heteroatoms. The minimum atomic E-state index is -0.237. The van der Waals surface area contributed by atoms with E-state index < -0.39 is 0 Å². The average Bonchev–Trinajstić information content (AvgIpc) is 2.71. The lowest BCUT2D eigenvalue weighted by molar-refractivity contribution is -0.115. The van der Waals surface area contributed by atoms with Gasteiger partial charge in [-0.25, -0.2) is 0 Å². The van der Waals surface area contributed by atoms with Crippen LogP contribution in [0.5, 0.6) is 0 Å². The van der Waals surface area contributed by atoms with Gasteiger partial charge in [-0.15, -0.1) is 0 Å². The highest BCUT2D eigenvalue weighted by molar-refractivity contribution is 7.71. The first kappa shape index (κ1) is 19.5. The standard InChI is InChI=1S/C22H21N3O2S/c1-2-20(26)24-17-9-5-15(6-10-17)14-16-7-11-18(12-8-16)25-21(27)19-4-3-13-23-22(19)28/h3-13H,2,14H2,1H3,(H,23,28)(H,24,26)(H,25,27). The number of carbonyl (C=O) groups excluding carboxylic acids is 2. The number of anilines is 2. The molecule has 0 saturated heterocycles. The molecule has 0 aliphatic carbocycles. The summed E-state index contributed by atoms with van der Waals surface area (Å²) in [6.45, 7) is 1.82. The van der Waals surface area contributed by atoms with Gasteiger partial charge in [0.1, 0.15) is 4.64 Å². The first-order chi connectivity index (χ1) is 13.5. The summed E-state index contributed by atoms with van der Waals surface area (Å²) in [4.78, 5) is 26.6. The van der Waals surface area contributed by atoms with Gasteiger partial charge in [-0.1, -0.05) is 43.4 Å². The number of hydrogen-bond acceptors (Lipinski definition) is 3. The van der Waals surface area contributed by atoms with E-state index in [2.05, 4.69) is 15.6 Å². The van der Waals surface area contributed by atoms with E-state index in [0.29, 0.717) is 22.3 Å². The number of aromatic amines is 1. The van der Waals surface area contributed by atoms with Crippen LogP contribution < -0.4 is 10.6 Å². The first-order valence-corrected chi connectivity index (χ1v) is 9.43. The van der Waals surface area contributed by atoms with Crippen LogP contribution in [0.25, 0.3) is 0 Å². The molecule has 0 fully saturated rings. The first-order valence-electron chi connectivity index (χ1n) is 9.02. The van der Waals surface area contributed by atoms with Crippen molar-refractivity contribution < 1.29 is 9.59 Å². The maximum absolute atomic E-state index is 12.3. The van der Waals surface area contributed by atoms with Gasteiger partial charge in [-0.3, -0.25) is 9.59 Å². The van der Waals surface area contributed by atoms with Gasteiger partial charge in [0, 0.05) is 24.0 Å². The molecule has 3 N–H and O–H groups in total. The van der Waals surface area contributed by atoms with Crippen LogP contribution in [0.4, 0.5) is 11.4 Å². The van der Waals surface area contributed by atoms with Crippen molar-refractivity contribution in [3.8, 4) is 0 Å². The molecule has 0 atom stereocenters. The molecule has 5 nitrogen and oxygen atoms in total. The second-order valence-corrected chi connectivity index (χ2v) is 6.75. The summed E-state index contributed by atoms with van der Waals surface area (Å²) in [7, 11) is 0. The van der Waals surface area contributed by atoms with E-state index >= 15 is 0 Å². The Morgan fingerprint density at radius 2 is 1.46 bits per heavy atom. The summed E-state index contributed by atoms with van der Waals surface area (Å²) in [5.41, 5.74) is 4.22. The topological polar surface area (TPSA) is 74.0 Å². The van der Waals surface area contributed by atoms with E-state index in [1.807, 2.05) is 55.5 Å². The maximum Gasteiger partial charge on any atom is 0.258 e. The Labute approximate surface area is 168 Å². The largest absolute Gasteiger partial charge is 0.352 e. The third-order valence-electron chi connectivity index (χ3n) is 4.24. The van der Waals surface area contributed by atoms with Crippen LogP contribution in [0.15, 0.2) is 66.9 Å². The molecule has 2 amide bonds. The minimum Gasteiger partial charge on any atom is -0.352 e. The molecule has 1 aromatic heterocycles. The van der Waals surface area contributed by atoms with Crippen LogP contribution in [0, 0.1) is 4.64 Å². The SMILES string of the molecule is CCC(=O)Nc1ccc(Cc2ccc(NC(=O)c3ccc[nH]c3=S)cc2)cc1. The number of pyridine rings is 1. The summed E-state index contributed by atoms with van der Waals surface area (Å²) < 4.78 is 0.412. The lowest BCUT2D eigenvalue weighted by Gasteiger charge is -2.08. The van der Waals surface area contributed by atoms with Gasteiger partial charge >= 0.3 is 0 Å². The third-order valence-corrected chi connectivity index (χ3v) is 4.58. The number of carbonyl (C=O) groups is 2. The number of H-pyrrole nitrogens is 1. The number of rotatable bonds is 6. The highest BCUT2D eigenvalue weighted by atomic mass is 32.1. The molecule has 0 bridgehead atoms. The van der Waals surface area contributed by atoms with Crippen molar-refractivity contribution >= 4 is 35.4 Å². The third kappa shape index (κ3) is 5.14. The van der Waals surface area contributed by atoms with Crippen LogP contribution >= 0.6 is 12.2 Å². The number of benzene rings is 2. The van der Waals surface area contributed by atoms with E-state index in [1.54, 1.807) is 18.3 Å². The van der Waals surface area contributed by atoms with Gasteiger partial charge in [-0.05, 0) is 53.9 Å². The highest BCUT2D eigenvalue weighted by Crippen LogP contribution is 2.17. The Balaban J connectivity index is 1.61. The van der Waals surface area contributed by atoms with Gasteiger partial charge in [0.25, 0.3) is 5.91 Å². The number of hydrogen-bond donors (Lipinski definition) is 3. The Bertz CT molecular complexity index is 1020. The number of amides is 2. The van der Waals surface area contributed by atoms with Crippen molar-refractivity contribution in [2.75, 3.05) is 10.6 Å². The number of aromatic nitrogens is 1. The molecule has 3 rings (SSSR count). The van der Waals surface area contributed by atoms with E-state index in [9.17, 15) is 9.59 Å². The summed E-state index contributed by atoms with van der Waals surface area (Å²) in [5, 5.41) is 5.69. The van der Waals surface area contributed by atoms with Gasteiger partial charge in [0.2, 0.25) is 5.91 Å². The summed E-state index contributed by atoms with van der Waals surface area (Å²) in [6, 6.07) is 18.9. The van der Waals surface area contributed by atoms with E-state index in [-0.39, 0.29) is 11.8 Å². The van der Waals surface area contributed by atoms with Gasteiger partial charge in [0.05, 0.1) is 5.56 Å². The lowest BCUT2D eigenvalue weighted by atomic mass is 10.0. The smallest absolute Gasteiger partial charge is 0.258 e. The van der Waals surface area contributed by atoms with Crippen molar-refractivity contribution in [2.45, 2.75) is 19.8 Å². The van der Waals surface area contributed by atoms with Crippen LogP contribution in [0.2, 0.25) is 0 Å². The molecular formula is C22H21N3O2S. The molecule has 0 aliphatic rings. The van der Waals surface area contributed by atoms with Crippen molar-refractivity contribution in [1.29, 1.82) is 0 Å². The maximum atomic E-state index is 12.3. The molecule has 1 heterocycles. The Morgan fingerprint density at radius 1 is 0.893 bits per heavy atom. The molecule has 2 aromatic carbocycles. The van der Waals surface area contributed by atoms with Crippen molar-refractivity contribution in [2.24, 2.45) is 0 Å². The summed E-state index contributed by atoms with van der Waals surface area (Å²) >= 11 is 5.14. The van der Waals surface area contributed by atoms with Gasteiger partial charge < -0.3 is 15.6 Å². The highest BCUT2D eigenvalue weighted by Gasteiger charge is 2.08. The fourth-order valence-corrected chi connectivity index (χ4v) is 2.92. The zero-order valence-electron chi connectivity index (χ0n) is 15.5. The average molecular weight is 391 g/mol. The predicted octanol–water partition coefficient (Wildman–Crippen LogP) is 4.94. The molecule has 0 spiro atoms. The quantitative estimate of drug-likeness (QED) is 0.521. The second kappa shape index (κ2) is 9.10. The van der Waals surface area contributed by atoms with Crippen LogP contribution in [0.1, 0.15) is 34.8 Å². The zero-order chi connectivity index (χ0) is 19.9. The summed E-state index contributed by atoms with van der Waals surface area (Å²) in [5.74, 6) is -0.235. The Morgan fingerprint density at radius 3 is 2.00 bits per heavy atom. The second-order valence-electron chi connectivity index (χ2n) is 6.34. The van der Waals surface area contributed by atoms with Crippen molar-refractivity contribution in [1.82, 2.24) is 4.98 Å². The molecule has 0 aliphatic heterocycles. The van der Waals surface area contributed by atoms with Crippen LogP contribution in [0.3, 0.4) is 0 Å². The fourth-order valence-electron chi connectivity index (χ4n) is 2.70. The number of nitrogens with one attached hydrogen (secondary N) is 3. The van der Waals surface area contributed by atoms with Crippen molar-refractivity contribution in [3.05, 3.63) is 88.2 Å². The van der Waals surface area contributed by atoms with Gasteiger partial charge in [0.15, 0.2) is 0 Å². The van der Waals surface area contributed by atoms with Crippen molar-refractivity contribution in [3.63, 3.8) is 0 Å². The Kier molecular flexibility index (Phi) is 6.34. The summed E-state index contributed by atoms with van der Waals surface area (Å²) in [6.07, 6.45) is 2.92. The predicted molar refractivity (Wildman–Crippen MR) is 114 cm³/mol. The van der Waals surface area contributed by atoms with Crippen LogP contribution in [-0.2, 0) is 11.2 Å². The van der Waals surface area contributed by atoms with Gasteiger partial charge in [-0.2, -0.15) is 0 Å². The normalized spacial score (nSPS) is 10.3. The molecule has 0 saturated carbocycles. The molecule has 0 radical (unpaired) electrons. The molecule has 142 valence electrons. The zero-order valence-corrected chi connectivity index (χ0v) is 16.3. The van der Waals surface area contributed by atoms with E-state index in [1.165, 1.54) is 0 Å². The monoisotopic (exact) mass is 391 g/mol. The van der Waals surface area contributed by atoms with E-state index in [4.69, 9.17) is 12.2 Å². The molecule has 28 heavy (non-hydrogen) atoms. The fraction of sp³-hybridized carbons (Fsp3) is 0.136.